The molecule has 0 spiro atoms. The van der Waals surface area contributed by atoms with E-state index in [9.17, 15) is 9.59 Å². The molecule has 1 aliphatic rings. The van der Waals surface area contributed by atoms with E-state index in [2.05, 4.69) is 16.5 Å². The number of hydrogen-bond acceptors (Lipinski definition) is 5. The van der Waals surface area contributed by atoms with Crippen LogP contribution in [0.5, 0.6) is 0 Å². The first-order chi connectivity index (χ1) is 13.7. The number of nitrogens with one attached hydrogen (secondary N) is 1. The molecule has 0 atom stereocenters. The van der Waals surface area contributed by atoms with Crippen LogP contribution in [0.1, 0.15) is 77.1 Å². The average Bonchev–Trinajstić information content (AvgIpc) is 2.82. The van der Waals surface area contributed by atoms with Crippen molar-refractivity contribution in [1.82, 2.24) is 20.0 Å². The van der Waals surface area contributed by atoms with Gasteiger partial charge < -0.3 is 10.1 Å². The zero-order valence-corrected chi connectivity index (χ0v) is 18.8. The Bertz CT molecular complexity index is 670. The summed E-state index contributed by atoms with van der Waals surface area (Å²) in [5.74, 6) is -0.126. The molecule has 1 fully saturated rings. The topological polar surface area (TPSA) is 76.5 Å². The molecule has 29 heavy (non-hydrogen) atoms. The number of aromatic nitrogens is 2. The molecule has 164 valence electrons. The van der Waals surface area contributed by atoms with Gasteiger partial charge in [-0.1, -0.05) is 25.7 Å². The van der Waals surface area contributed by atoms with Crippen LogP contribution in [0.4, 0.5) is 4.79 Å². The van der Waals surface area contributed by atoms with Gasteiger partial charge in [0.25, 0.3) is 0 Å². The first-order valence-corrected chi connectivity index (χ1v) is 10.9. The number of hydrogen-bond donors (Lipinski definition) is 1. The van der Waals surface area contributed by atoms with Gasteiger partial charge in [0.1, 0.15) is 5.60 Å². The highest BCUT2D eigenvalue weighted by Gasteiger charge is 2.31. The fourth-order valence-electron chi connectivity index (χ4n) is 3.76. The summed E-state index contributed by atoms with van der Waals surface area (Å²) >= 11 is 0. The maximum absolute atomic E-state index is 13.1. The number of nitrogens with zero attached hydrogens (tertiary/aromatic N) is 3. The van der Waals surface area contributed by atoms with Gasteiger partial charge in [-0.25, -0.2) is 9.69 Å². The average molecular weight is 407 g/mol. The van der Waals surface area contributed by atoms with Crippen molar-refractivity contribution < 1.29 is 14.3 Å². The number of carbonyl (C=O) groups excluding carboxylic acids is 2. The van der Waals surface area contributed by atoms with E-state index in [1.165, 1.54) is 17.7 Å². The Labute approximate surface area is 175 Å². The third kappa shape index (κ3) is 7.80. The van der Waals surface area contributed by atoms with E-state index in [0.717, 1.165) is 37.1 Å². The molecule has 0 aliphatic heterocycles. The third-order valence-electron chi connectivity index (χ3n) is 5.22. The summed E-state index contributed by atoms with van der Waals surface area (Å²) in [5.41, 5.74) is 1.49. The van der Waals surface area contributed by atoms with Crippen molar-refractivity contribution in [1.29, 1.82) is 0 Å². The fraction of sp³-hybridized carbons (Fsp3) is 0.773. The highest BCUT2D eigenvalue weighted by molar-refractivity contribution is 5.93. The third-order valence-corrected chi connectivity index (χ3v) is 5.22. The van der Waals surface area contributed by atoms with Gasteiger partial charge in [-0.05, 0) is 59.6 Å². The minimum absolute atomic E-state index is 0.0598. The quantitative estimate of drug-likeness (QED) is 0.548. The molecule has 1 saturated carbocycles. The Kier molecular flexibility index (Phi) is 8.68. The van der Waals surface area contributed by atoms with E-state index >= 15 is 0 Å². The number of rotatable bonds is 7. The second-order valence-electron chi connectivity index (χ2n) is 9.09. The first-order valence-electron chi connectivity index (χ1n) is 10.9. The molecule has 0 saturated heterocycles. The predicted molar refractivity (Wildman–Crippen MR) is 113 cm³/mol. The van der Waals surface area contributed by atoms with Crippen LogP contribution in [0.3, 0.4) is 0 Å². The molecule has 1 N–H and O–H groups in total. The van der Waals surface area contributed by atoms with Crippen molar-refractivity contribution in [3.8, 4) is 0 Å². The normalized spacial score (nSPS) is 15.8. The van der Waals surface area contributed by atoms with Gasteiger partial charge in [-0.15, -0.1) is 0 Å². The molecular weight excluding hydrogens is 368 g/mol. The molecule has 1 heterocycles. The van der Waals surface area contributed by atoms with Gasteiger partial charge >= 0.3 is 6.09 Å². The van der Waals surface area contributed by atoms with Gasteiger partial charge in [0, 0.05) is 26.1 Å². The summed E-state index contributed by atoms with van der Waals surface area (Å²) in [4.78, 5) is 27.2. The smallest absolute Gasteiger partial charge is 0.417 e. The van der Waals surface area contributed by atoms with Crippen LogP contribution in [-0.2, 0) is 23.1 Å². The summed E-state index contributed by atoms with van der Waals surface area (Å²) in [7, 11) is 1.93. The summed E-state index contributed by atoms with van der Waals surface area (Å²) in [6.45, 7) is 9.26. The van der Waals surface area contributed by atoms with Crippen LogP contribution in [0.2, 0.25) is 0 Å². The van der Waals surface area contributed by atoms with Gasteiger partial charge in [-0.3, -0.25) is 9.48 Å². The van der Waals surface area contributed by atoms with E-state index in [0.29, 0.717) is 26.1 Å². The van der Waals surface area contributed by atoms with Crippen LogP contribution < -0.4 is 5.32 Å². The fourth-order valence-corrected chi connectivity index (χ4v) is 3.76. The van der Waals surface area contributed by atoms with Crippen molar-refractivity contribution in [2.24, 2.45) is 13.0 Å². The Morgan fingerprint density at radius 1 is 1.24 bits per heavy atom. The van der Waals surface area contributed by atoms with Crippen LogP contribution in [0.15, 0.2) is 6.07 Å². The predicted octanol–water partition coefficient (Wildman–Crippen LogP) is 3.94. The molecule has 7 nitrogen and oxygen atoms in total. The molecule has 1 aliphatic carbocycles. The van der Waals surface area contributed by atoms with Crippen molar-refractivity contribution in [3.63, 3.8) is 0 Å². The number of ether oxygens (including phenoxy) is 1. The van der Waals surface area contributed by atoms with Gasteiger partial charge in [0.2, 0.25) is 5.91 Å². The Morgan fingerprint density at radius 3 is 2.45 bits per heavy atom. The van der Waals surface area contributed by atoms with Crippen molar-refractivity contribution in [2.45, 2.75) is 84.8 Å². The molecule has 7 heteroatoms. The highest BCUT2D eigenvalue weighted by atomic mass is 16.6. The molecule has 0 unspecified atom stereocenters. The zero-order chi connectivity index (χ0) is 21.4. The molecule has 2 amide bonds. The Balaban J connectivity index is 1.90. The van der Waals surface area contributed by atoms with Crippen LogP contribution in [0, 0.1) is 12.8 Å². The highest BCUT2D eigenvalue weighted by Crippen LogP contribution is 2.25. The molecule has 1 aromatic heterocycles. The lowest BCUT2D eigenvalue weighted by molar-refractivity contribution is -0.135. The molecule has 2 rings (SSSR count). The first kappa shape index (κ1) is 23.4. The molecule has 0 radical (unpaired) electrons. The Morgan fingerprint density at radius 2 is 1.90 bits per heavy atom. The van der Waals surface area contributed by atoms with Gasteiger partial charge in [0.15, 0.2) is 0 Å². The van der Waals surface area contributed by atoms with Crippen molar-refractivity contribution in [2.75, 3.05) is 13.1 Å². The summed E-state index contributed by atoms with van der Waals surface area (Å²) in [6, 6.07) is 2.05. The molecule has 0 aromatic carbocycles. The molecule has 0 bridgehead atoms. The minimum Gasteiger partial charge on any atom is -0.443 e. The van der Waals surface area contributed by atoms with E-state index < -0.39 is 11.7 Å². The Hall–Kier alpha value is -1.89. The number of amides is 2. The molecular formula is C22H38N4O3. The second-order valence-corrected chi connectivity index (χ2v) is 9.09. The minimum atomic E-state index is -0.616. The number of imide groups is 1. The zero-order valence-electron chi connectivity index (χ0n) is 18.8. The maximum Gasteiger partial charge on any atom is 0.417 e. The van der Waals surface area contributed by atoms with Crippen LogP contribution in [0.25, 0.3) is 0 Å². The number of carbonyl (C=O) groups is 2. The molecule has 1 aromatic rings. The summed E-state index contributed by atoms with van der Waals surface area (Å²) in [6.07, 6.45) is 6.38. The lowest BCUT2D eigenvalue weighted by Crippen LogP contribution is -2.44. The largest absolute Gasteiger partial charge is 0.443 e. The standard InChI is InChI=1S/C22H38N4O3/c1-17-15-19(25(5)24-17)16-23-13-10-14-26(21(28)29-22(2,3)4)20(27)18-11-8-6-7-9-12-18/h15,18,23H,6-14,16H2,1-5H3. The lowest BCUT2D eigenvalue weighted by atomic mass is 9.98. The SMILES string of the molecule is Cc1cc(CNCCCN(C(=O)OC(C)(C)C)C(=O)C2CCCCCC2)n(C)n1. The number of aryl methyl sites for hydroxylation is 2. The van der Waals surface area contributed by atoms with E-state index in [1.807, 2.05) is 39.4 Å². The van der Waals surface area contributed by atoms with E-state index in [-0.39, 0.29) is 11.8 Å². The van der Waals surface area contributed by atoms with Crippen LogP contribution in [-0.4, -0.2) is 45.4 Å². The van der Waals surface area contributed by atoms with E-state index in [1.54, 1.807) is 0 Å². The van der Waals surface area contributed by atoms with Crippen molar-refractivity contribution >= 4 is 12.0 Å². The summed E-state index contributed by atoms with van der Waals surface area (Å²) < 4.78 is 7.39. The summed E-state index contributed by atoms with van der Waals surface area (Å²) in [5, 5.41) is 7.72. The second kappa shape index (κ2) is 10.8. The lowest BCUT2D eigenvalue weighted by Gasteiger charge is -2.28. The monoisotopic (exact) mass is 406 g/mol. The van der Waals surface area contributed by atoms with Gasteiger partial charge in [0.05, 0.1) is 11.4 Å². The van der Waals surface area contributed by atoms with Gasteiger partial charge in [-0.2, -0.15) is 5.10 Å². The van der Waals surface area contributed by atoms with Crippen LogP contribution >= 0.6 is 0 Å². The van der Waals surface area contributed by atoms with E-state index in [4.69, 9.17) is 4.74 Å². The maximum atomic E-state index is 13.1. The van der Waals surface area contributed by atoms with Crippen molar-refractivity contribution in [3.05, 3.63) is 17.5 Å².